The monoisotopic (exact) mass is 267 g/mol. The van der Waals surface area contributed by atoms with Gasteiger partial charge in [-0.3, -0.25) is 0 Å². The van der Waals surface area contributed by atoms with E-state index in [1.54, 1.807) is 11.3 Å². The van der Waals surface area contributed by atoms with Crippen LogP contribution in [-0.4, -0.2) is 0 Å². The summed E-state index contributed by atoms with van der Waals surface area (Å²) in [5.74, 6) is 0. The lowest BCUT2D eigenvalue weighted by molar-refractivity contribution is 0.876. The molecule has 1 heterocycles. The molecule has 1 nitrogen and oxygen atoms in total. The van der Waals surface area contributed by atoms with Crippen molar-refractivity contribution in [2.45, 2.75) is 6.04 Å². The molecular formula is C11H10BrNS. The zero-order chi connectivity index (χ0) is 9.97. The van der Waals surface area contributed by atoms with Crippen molar-refractivity contribution in [1.29, 1.82) is 0 Å². The van der Waals surface area contributed by atoms with Crippen molar-refractivity contribution in [3.63, 3.8) is 0 Å². The van der Waals surface area contributed by atoms with Gasteiger partial charge in [-0.1, -0.05) is 28.1 Å². The van der Waals surface area contributed by atoms with Crippen molar-refractivity contribution in [1.82, 2.24) is 0 Å². The summed E-state index contributed by atoms with van der Waals surface area (Å²) in [6, 6.07) is 10.2. The van der Waals surface area contributed by atoms with E-state index in [9.17, 15) is 0 Å². The smallest absolute Gasteiger partial charge is 0.0559 e. The molecule has 0 radical (unpaired) electrons. The molecule has 14 heavy (non-hydrogen) atoms. The normalized spacial score (nSPS) is 12.7. The Labute approximate surface area is 95.7 Å². The fraction of sp³-hybridized carbons (Fsp3) is 0.0909. The SMILES string of the molecule is NC(c1ccc(Br)cc1)c1ccsc1. The maximum Gasteiger partial charge on any atom is 0.0559 e. The summed E-state index contributed by atoms with van der Waals surface area (Å²) in [5.41, 5.74) is 8.43. The molecule has 2 N–H and O–H groups in total. The van der Waals surface area contributed by atoms with Gasteiger partial charge in [0.1, 0.15) is 0 Å². The van der Waals surface area contributed by atoms with Gasteiger partial charge in [-0.15, -0.1) is 0 Å². The first-order valence-electron chi connectivity index (χ1n) is 4.30. The Bertz CT molecular complexity index is 394. The van der Waals surface area contributed by atoms with Crippen LogP contribution in [0.25, 0.3) is 0 Å². The first-order chi connectivity index (χ1) is 6.77. The maximum atomic E-state index is 6.10. The third-order valence-electron chi connectivity index (χ3n) is 2.13. The summed E-state index contributed by atoms with van der Waals surface area (Å²) < 4.78 is 1.08. The van der Waals surface area contributed by atoms with Gasteiger partial charge >= 0.3 is 0 Å². The maximum absolute atomic E-state index is 6.10. The third-order valence-corrected chi connectivity index (χ3v) is 3.36. The summed E-state index contributed by atoms with van der Waals surface area (Å²) in [5, 5.41) is 4.14. The number of nitrogens with two attached hydrogens (primary N) is 1. The van der Waals surface area contributed by atoms with Crippen LogP contribution in [0.5, 0.6) is 0 Å². The molecule has 0 bridgehead atoms. The summed E-state index contributed by atoms with van der Waals surface area (Å²) in [7, 11) is 0. The van der Waals surface area contributed by atoms with Gasteiger partial charge in [-0.05, 0) is 40.1 Å². The zero-order valence-electron chi connectivity index (χ0n) is 7.48. The second-order valence-electron chi connectivity index (χ2n) is 3.09. The van der Waals surface area contributed by atoms with Crippen molar-refractivity contribution >= 4 is 27.3 Å². The second-order valence-corrected chi connectivity index (χ2v) is 4.78. The average Bonchev–Trinajstić information content (AvgIpc) is 2.71. The van der Waals surface area contributed by atoms with E-state index >= 15 is 0 Å². The van der Waals surface area contributed by atoms with Crippen molar-refractivity contribution in [2.24, 2.45) is 5.73 Å². The van der Waals surface area contributed by atoms with Gasteiger partial charge in [0, 0.05) is 4.47 Å². The highest BCUT2D eigenvalue weighted by Crippen LogP contribution is 2.22. The molecule has 0 spiro atoms. The molecule has 0 saturated heterocycles. The minimum absolute atomic E-state index is 0.00523. The first kappa shape index (κ1) is 9.90. The van der Waals surface area contributed by atoms with Gasteiger partial charge in [0.25, 0.3) is 0 Å². The topological polar surface area (TPSA) is 26.0 Å². The largest absolute Gasteiger partial charge is 0.320 e. The molecule has 1 aromatic carbocycles. The number of halogens is 1. The fourth-order valence-corrected chi connectivity index (χ4v) is 2.28. The molecule has 1 unspecified atom stereocenters. The summed E-state index contributed by atoms with van der Waals surface area (Å²) in [6.45, 7) is 0. The lowest BCUT2D eigenvalue weighted by Gasteiger charge is -2.09. The van der Waals surface area contributed by atoms with E-state index in [-0.39, 0.29) is 6.04 Å². The molecule has 3 heteroatoms. The highest BCUT2D eigenvalue weighted by Gasteiger charge is 2.08. The number of thiophene rings is 1. The zero-order valence-corrected chi connectivity index (χ0v) is 9.88. The predicted octanol–water partition coefficient (Wildman–Crippen LogP) is 3.56. The minimum Gasteiger partial charge on any atom is -0.320 e. The number of rotatable bonds is 2. The molecule has 2 rings (SSSR count). The van der Waals surface area contributed by atoms with Gasteiger partial charge in [0.05, 0.1) is 6.04 Å². The molecule has 0 aliphatic heterocycles. The Morgan fingerprint density at radius 1 is 1.07 bits per heavy atom. The van der Waals surface area contributed by atoms with Crippen LogP contribution in [0.3, 0.4) is 0 Å². The summed E-state index contributed by atoms with van der Waals surface area (Å²) in [6.07, 6.45) is 0. The highest BCUT2D eigenvalue weighted by atomic mass is 79.9. The molecular weight excluding hydrogens is 258 g/mol. The number of hydrogen-bond donors (Lipinski definition) is 1. The molecule has 0 saturated carbocycles. The van der Waals surface area contributed by atoms with Crippen molar-refractivity contribution < 1.29 is 0 Å². The van der Waals surface area contributed by atoms with Crippen LogP contribution in [0.1, 0.15) is 17.2 Å². The van der Waals surface area contributed by atoms with Crippen LogP contribution in [0.2, 0.25) is 0 Å². The Balaban J connectivity index is 2.28. The van der Waals surface area contributed by atoms with Gasteiger partial charge in [-0.25, -0.2) is 0 Å². The van der Waals surface area contributed by atoms with Crippen LogP contribution in [-0.2, 0) is 0 Å². The number of hydrogen-bond acceptors (Lipinski definition) is 2. The molecule has 72 valence electrons. The lowest BCUT2D eigenvalue weighted by Crippen LogP contribution is -2.10. The van der Waals surface area contributed by atoms with Crippen molar-refractivity contribution in [3.05, 3.63) is 56.7 Å². The third kappa shape index (κ3) is 2.05. The van der Waals surface area contributed by atoms with E-state index in [4.69, 9.17) is 5.73 Å². The summed E-state index contributed by atoms with van der Waals surface area (Å²) >= 11 is 5.08. The molecule has 1 atom stereocenters. The molecule has 2 aromatic rings. The summed E-state index contributed by atoms with van der Waals surface area (Å²) in [4.78, 5) is 0. The predicted molar refractivity (Wildman–Crippen MR) is 64.5 cm³/mol. The second kappa shape index (κ2) is 4.26. The molecule has 0 amide bonds. The van der Waals surface area contributed by atoms with Gasteiger partial charge in [0.2, 0.25) is 0 Å². The standard InChI is InChI=1S/C11H10BrNS/c12-10-3-1-8(2-4-10)11(13)9-5-6-14-7-9/h1-7,11H,13H2. The Kier molecular flexibility index (Phi) is 3.01. The Morgan fingerprint density at radius 3 is 2.36 bits per heavy atom. The molecule has 0 aliphatic rings. The van der Waals surface area contributed by atoms with E-state index in [1.165, 1.54) is 5.56 Å². The van der Waals surface area contributed by atoms with Crippen molar-refractivity contribution in [2.75, 3.05) is 0 Å². The fourth-order valence-electron chi connectivity index (χ4n) is 1.31. The molecule has 0 fully saturated rings. The van der Waals surface area contributed by atoms with Gasteiger partial charge in [0.15, 0.2) is 0 Å². The molecule has 0 aliphatic carbocycles. The van der Waals surface area contributed by atoms with Crippen LogP contribution < -0.4 is 5.73 Å². The average molecular weight is 268 g/mol. The van der Waals surface area contributed by atoms with E-state index in [0.29, 0.717) is 0 Å². The van der Waals surface area contributed by atoms with Gasteiger partial charge < -0.3 is 5.73 Å². The minimum atomic E-state index is -0.00523. The van der Waals surface area contributed by atoms with Crippen LogP contribution >= 0.6 is 27.3 Å². The Morgan fingerprint density at radius 2 is 1.79 bits per heavy atom. The lowest BCUT2D eigenvalue weighted by atomic mass is 10.0. The van der Waals surface area contributed by atoms with Crippen molar-refractivity contribution in [3.8, 4) is 0 Å². The van der Waals surface area contributed by atoms with Crippen LogP contribution in [0, 0.1) is 0 Å². The van der Waals surface area contributed by atoms with Crippen LogP contribution in [0.4, 0.5) is 0 Å². The van der Waals surface area contributed by atoms with E-state index in [0.717, 1.165) is 10.0 Å². The number of benzene rings is 1. The van der Waals surface area contributed by atoms with Gasteiger partial charge in [-0.2, -0.15) is 11.3 Å². The van der Waals surface area contributed by atoms with E-state index in [1.807, 2.05) is 29.6 Å². The van der Waals surface area contributed by atoms with E-state index in [2.05, 4.69) is 27.4 Å². The highest BCUT2D eigenvalue weighted by molar-refractivity contribution is 9.10. The quantitative estimate of drug-likeness (QED) is 0.885. The van der Waals surface area contributed by atoms with E-state index < -0.39 is 0 Å². The Hall–Kier alpha value is -0.640. The first-order valence-corrected chi connectivity index (χ1v) is 6.04. The van der Waals surface area contributed by atoms with Crippen LogP contribution in [0.15, 0.2) is 45.6 Å². The molecule has 1 aromatic heterocycles.